The van der Waals surface area contributed by atoms with Gasteiger partial charge in [-0.3, -0.25) is 4.79 Å². The van der Waals surface area contributed by atoms with E-state index in [1.165, 1.54) is 24.0 Å². The number of carbonyl (C=O) groups excluding carboxylic acids is 1. The van der Waals surface area contributed by atoms with Gasteiger partial charge in [-0.05, 0) is 31.7 Å². The van der Waals surface area contributed by atoms with Crippen LogP contribution in [0.25, 0.3) is 5.76 Å². The molecular weight excluding hydrogens is 406 g/mol. The van der Waals surface area contributed by atoms with Crippen molar-refractivity contribution in [2.24, 2.45) is 0 Å². The number of carbonyl (C=O) groups is 1. The zero-order chi connectivity index (χ0) is 17.1. The fourth-order valence-corrected chi connectivity index (χ4v) is 3.08. The summed E-state index contributed by atoms with van der Waals surface area (Å²) in [5.74, 6) is 0.644. The van der Waals surface area contributed by atoms with Crippen LogP contribution in [0.1, 0.15) is 33.5 Å². The molecule has 1 aromatic rings. The molecule has 1 radical (unpaired) electrons. The first-order valence-corrected chi connectivity index (χ1v) is 12.3. The number of hydrogen-bond donors (Lipinski definition) is 0. The van der Waals surface area contributed by atoms with E-state index in [-0.39, 0.29) is 43.5 Å². The molecule has 0 aliphatic heterocycles. The maximum absolute atomic E-state index is 11.5. The van der Waals surface area contributed by atoms with Gasteiger partial charge in [-0.1, -0.05) is 20.8 Å². The van der Waals surface area contributed by atoms with E-state index < -0.39 is 16.1 Å². The third-order valence-corrected chi connectivity index (χ3v) is 8.76. The summed E-state index contributed by atoms with van der Waals surface area (Å²) in [5, 5.41) is 4.28. The molecule has 1 aromatic heterocycles. The summed E-state index contributed by atoms with van der Waals surface area (Å²) < 4.78 is 19.0. The van der Waals surface area contributed by atoms with Gasteiger partial charge in [0.1, 0.15) is 6.33 Å². The minimum atomic E-state index is -2.11. The van der Waals surface area contributed by atoms with Gasteiger partial charge in [-0.15, -0.1) is 5.10 Å². The second kappa shape index (κ2) is 8.84. The van der Waals surface area contributed by atoms with E-state index in [1.807, 2.05) is 0 Å². The minimum Gasteiger partial charge on any atom is -0.541 e. The Labute approximate surface area is 165 Å². The Morgan fingerprint density at radius 3 is 2.43 bits per heavy atom. The van der Waals surface area contributed by atoms with E-state index in [1.54, 1.807) is 6.66 Å². The first kappa shape index (κ1) is 22.9. The van der Waals surface area contributed by atoms with E-state index in [2.05, 4.69) is 43.9 Å². The van der Waals surface area contributed by atoms with Crippen molar-refractivity contribution in [3.8, 4) is 0 Å². The Balaban J connectivity index is 0.00000484. The maximum atomic E-state index is 11.5. The van der Waals surface area contributed by atoms with Crippen molar-refractivity contribution in [3.05, 3.63) is 18.2 Å². The Morgan fingerprint density at radius 2 is 2.00 bits per heavy atom. The second-order valence-electron chi connectivity index (χ2n) is 6.95. The number of ketones is 1. The van der Waals surface area contributed by atoms with Crippen LogP contribution in [-0.2, 0) is 52.8 Å². The van der Waals surface area contributed by atoms with Gasteiger partial charge in [0.05, 0.1) is 14.1 Å². The van der Waals surface area contributed by atoms with Crippen LogP contribution in [0.4, 0.5) is 0 Å². The second-order valence-corrected chi connectivity index (χ2v) is 13.4. The Bertz CT molecular complexity index is 609. The van der Waals surface area contributed by atoms with Gasteiger partial charge in [0.25, 0.3) is 8.32 Å². The molecular formula is C14H26N3O3PSiY. The topological polar surface area (TPSA) is 74.1 Å². The summed E-state index contributed by atoms with van der Waals surface area (Å²) >= 11 is 0. The van der Waals surface area contributed by atoms with Crippen LogP contribution >= 0.6 is 7.80 Å². The van der Waals surface area contributed by atoms with E-state index in [9.17, 15) is 9.36 Å². The van der Waals surface area contributed by atoms with Gasteiger partial charge in [0, 0.05) is 38.8 Å². The van der Waals surface area contributed by atoms with Gasteiger partial charge in [0.15, 0.2) is 11.5 Å². The molecule has 0 spiro atoms. The molecule has 6 nitrogen and oxygen atoms in total. The Kier molecular flexibility index (Phi) is 8.80. The molecule has 1 rings (SSSR count). The van der Waals surface area contributed by atoms with E-state index >= 15 is 0 Å². The zero-order valence-corrected chi connectivity index (χ0v) is 19.8. The smallest absolute Gasteiger partial charge is 0.250 e. The van der Waals surface area contributed by atoms with Crippen molar-refractivity contribution in [2.45, 2.75) is 52.1 Å². The number of rotatable bonds is 6. The molecule has 1 heterocycles. The molecule has 0 aromatic carbocycles. The Morgan fingerprint density at radius 1 is 1.43 bits per heavy atom. The van der Waals surface area contributed by atoms with E-state index in [0.29, 0.717) is 17.9 Å². The molecule has 127 valence electrons. The fourth-order valence-electron chi connectivity index (χ4n) is 1.46. The van der Waals surface area contributed by atoms with Crippen LogP contribution in [0, 0.1) is 0 Å². The standard InChI is InChI=1S/C14H26N3O3PSi.Y/c1-11(18)8-12(20-22(6,7)14(2,3)4)13-15-9-17(16-13)10-21(5)19;/h8-9,21H,10H2,1-7H3;. The Hall–Kier alpha value is -0.0992. The number of nitrogens with zero attached hydrogens (tertiary/aromatic N) is 3. The summed E-state index contributed by atoms with van der Waals surface area (Å²) in [4.78, 5) is 15.7. The normalized spacial score (nSPS) is 14.1. The molecule has 0 saturated heterocycles. The molecule has 9 heteroatoms. The fraction of sp³-hybridized carbons (Fsp3) is 0.643. The molecule has 0 aliphatic carbocycles. The molecule has 0 fully saturated rings. The monoisotopic (exact) mass is 432 g/mol. The van der Waals surface area contributed by atoms with Crippen LogP contribution in [0.15, 0.2) is 12.4 Å². The minimum absolute atomic E-state index is 0. The predicted molar refractivity (Wildman–Crippen MR) is 91.9 cm³/mol. The van der Waals surface area contributed by atoms with Crippen molar-refractivity contribution in [3.63, 3.8) is 0 Å². The summed E-state index contributed by atoms with van der Waals surface area (Å²) in [5.41, 5.74) is 0. The quantitative estimate of drug-likeness (QED) is 0.298. The average molecular weight is 432 g/mol. The molecule has 1 atom stereocenters. The van der Waals surface area contributed by atoms with Crippen LogP contribution in [-0.4, -0.2) is 35.5 Å². The van der Waals surface area contributed by atoms with Gasteiger partial charge >= 0.3 is 0 Å². The van der Waals surface area contributed by atoms with Crippen LogP contribution in [0.5, 0.6) is 0 Å². The summed E-state index contributed by atoms with van der Waals surface area (Å²) in [6.45, 7) is 13.7. The van der Waals surface area contributed by atoms with Crippen molar-refractivity contribution in [1.29, 1.82) is 0 Å². The van der Waals surface area contributed by atoms with Gasteiger partial charge in [0.2, 0.25) is 5.82 Å². The van der Waals surface area contributed by atoms with Crippen molar-refractivity contribution in [1.82, 2.24) is 14.8 Å². The van der Waals surface area contributed by atoms with Gasteiger partial charge < -0.3 is 8.99 Å². The first-order chi connectivity index (χ1) is 9.92. The number of aromatic nitrogens is 3. The number of allylic oxidation sites excluding steroid dienone is 1. The third kappa shape index (κ3) is 7.12. The number of hydrogen-bond acceptors (Lipinski definition) is 5. The van der Waals surface area contributed by atoms with Crippen LogP contribution in [0.3, 0.4) is 0 Å². The van der Waals surface area contributed by atoms with Crippen LogP contribution in [0.2, 0.25) is 18.1 Å². The first-order valence-electron chi connectivity index (χ1n) is 7.23. The van der Waals surface area contributed by atoms with Crippen molar-refractivity contribution in [2.75, 3.05) is 6.66 Å². The van der Waals surface area contributed by atoms with Gasteiger partial charge in [-0.25, -0.2) is 9.67 Å². The largest absolute Gasteiger partial charge is 0.541 e. The maximum Gasteiger partial charge on any atom is 0.250 e. The van der Waals surface area contributed by atoms with Crippen molar-refractivity contribution >= 4 is 27.7 Å². The van der Waals surface area contributed by atoms with Crippen molar-refractivity contribution < 1.29 is 46.5 Å². The molecule has 0 aliphatic rings. The zero-order valence-electron chi connectivity index (χ0n) is 15.0. The average Bonchev–Trinajstić information content (AvgIpc) is 2.73. The summed E-state index contributed by atoms with van der Waals surface area (Å²) in [6.07, 6.45) is 3.28. The molecule has 0 saturated carbocycles. The summed E-state index contributed by atoms with van der Waals surface area (Å²) in [6, 6.07) is 0. The molecule has 1 unspecified atom stereocenters. The molecule has 23 heavy (non-hydrogen) atoms. The van der Waals surface area contributed by atoms with E-state index in [4.69, 9.17) is 4.43 Å². The molecule has 0 bridgehead atoms. The summed E-state index contributed by atoms with van der Waals surface area (Å²) in [7, 11) is -3.79. The van der Waals surface area contributed by atoms with Gasteiger partial charge in [-0.2, -0.15) is 0 Å². The van der Waals surface area contributed by atoms with E-state index in [0.717, 1.165) is 0 Å². The third-order valence-electron chi connectivity index (χ3n) is 3.65. The predicted octanol–water partition coefficient (Wildman–Crippen LogP) is 3.37. The molecule has 0 amide bonds. The SMILES string of the molecule is CC(=O)C=C(O[Si](C)(C)C(C)(C)C)c1ncn(C[PH](C)=O)n1.[Y]. The molecule has 0 N–H and O–H groups in total. The van der Waals surface area contributed by atoms with Crippen LogP contribution < -0.4 is 0 Å².